The number of carboxylic acids is 2. The predicted octanol–water partition coefficient (Wildman–Crippen LogP) is -0.359. The molecule has 0 unspecified atom stereocenters. The van der Waals surface area contributed by atoms with E-state index in [1.807, 2.05) is 21.1 Å². The molecule has 0 aromatic heterocycles. The fourth-order valence-corrected chi connectivity index (χ4v) is 1.99. The largest absolute Gasteiger partial charge is 0.481 e. The number of aliphatic carboxylic acids is 2. The molecule has 5 N–H and O–H groups in total. The standard InChI is InChI=1S/C16H31N3O6/c1-19(2,3)10-11-25-16(24)12(17)6-4-5-9-18-13(15(22)23)7-8-14(20)21/h12-13,18H,4-11,17H2,1-3H3,(H-,20,21,22,23)/p+1/t12-,13-/m0/s1. The lowest BCUT2D eigenvalue weighted by atomic mass is 10.1. The number of esters is 1. The van der Waals surface area contributed by atoms with Crippen molar-refractivity contribution in [1.29, 1.82) is 0 Å². The number of nitrogens with one attached hydrogen (secondary N) is 1. The number of quaternary nitrogens is 1. The number of hydrogen-bond donors (Lipinski definition) is 4. The van der Waals surface area contributed by atoms with Crippen LogP contribution < -0.4 is 11.1 Å². The highest BCUT2D eigenvalue weighted by Crippen LogP contribution is 2.03. The fraction of sp³-hybridized carbons (Fsp3) is 0.812. The fourth-order valence-electron chi connectivity index (χ4n) is 1.99. The van der Waals surface area contributed by atoms with Gasteiger partial charge in [-0.2, -0.15) is 0 Å². The van der Waals surface area contributed by atoms with Crippen molar-refractivity contribution in [3.05, 3.63) is 0 Å². The molecule has 0 aliphatic heterocycles. The van der Waals surface area contributed by atoms with Crippen LogP contribution >= 0.6 is 0 Å². The van der Waals surface area contributed by atoms with Crippen LogP contribution in [0.3, 0.4) is 0 Å². The van der Waals surface area contributed by atoms with Crippen LogP contribution in [0, 0.1) is 0 Å². The van der Waals surface area contributed by atoms with Crippen LogP contribution in [-0.2, 0) is 19.1 Å². The van der Waals surface area contributed by atoms with E-state index < -0.39 is 30.0 Å². The van der Waals surface area contributed by atoms with E-state index in [0.717, 1.165) is 0 Å². The Morgan fingerprint density at radius 2 is 1.76 bits per heavy atom. The van der Waals surface area contributed by atoms with E-state index in [1.165, 1.54) is 0 Å². The molecule has 9 heteroatoms. The third kappa shape index (κ3) is 13.3. The van der Waals surface area contributed by atoms with Crippen molar-refractivity contribution in [2.45, 2.75) is 44.2 Å². The van der Waals surface area contributed by atoms with Gasteiger partial charge in [-0.1, -0.05) is 6.42 Å². The quantitative estimate of drug-likeness (QED) is 0.187. The lowest BCUT2D eigenvalue weighted by Gasteiger charge is -2.23. The second-order valence-corrected chi connectivity index (χ2v) is 7.06. The first-order valence-corrected chi connectivity index (χ1v) is 8.43. The summed E-state index contributed by atoms with van der Waals surface area (Å²) in [6, 6.07) is -1.57. The van der Waals surface area contributed by atoms with E-state index in [1.54, 1.807) is 0 Å². The number of nitrogens with two attached hydrogens (primary N) is 1. The zero-order valence-electron chi connectivity index (χ0n) is 15.4. The molecule has 0 fully saturated rings. The van der Waals surface area contributed by atoms with Gasteiger partial charge in [0.2, 0.25) is 0 Å². The topological polar surface area (TPSA) is 139 Å². The van der Waals surface area contributed by atoms with Gasteiger partial charge in [0, 0.05) is 6.42 Å². The minimum Gasteiger partial charge on any atom is -0.481 e. The van der Waals surface area contributed by atoms with E-state index in [9.17, 15) is 14.4 Å². The number of hydrogen-bond acceptors (Lipinski definition) is 6. The SMILES string of the molecule is C[N+](C)(C)CCOC(=O)[C@@H](N)CCCCN[C@@H](CCC(=O)O)C(=O)O. The van der Waals surface area contributed by atoms with Crippen molar-refractivity contribution < 1.29 is 33.8 Å². The summed E-state index contributed by atoms with van der Waals surface area (Å²) in [5, 5.41) is 20.4. The average Bonchev–Trinajstić information content (AvgIpc) is 2.47. The van der Waals surface area contributed by atoms with Gasteiger partial charge >= 0.3 is 17.9 Å². The third-order valence-corrected chi connectivity index (χ3v) is 3.59. The van der Waals surface area contributed by atoms with Gasteiger partial charge < -0.3 is 30.5 Å². The maximum atomic E-state index is 11.7. The molecule has 9 nitrogen and oxygen atoms in total. The van der Waals surface area contributed by atoms with Crippen molar-refractivity contribution in [2.75, 3.05) is 40.8 Å². The second-order valence-electron chi connectivity index (χ2n) is 7.06. The first-order valence-electron chi connectivity index (χ1n) is 8.43. The van der Waals surface area contributed by atoms with Crippen LogP contribution in [0.5, 0.6) is 0 Å². The van der Waals surface area contributed by atoms with Crippen molar-refractivity contribution in [3.8, 4) is 0 Å². The molecule has 146 valence electrons. The minimum absolute atomic E-state index is 0.0305. The first kappa shape index (κ1) is 23.3. The molecule has 2 atom stereocenters. The number of unbranched alkanes of at least 4 members (excludes halogenated alkanes) is 1. The van der Waals surface area contributed by atoms with Gasteiger partial charge in [-0.3, -0.25) is 14.4 Å². The van der Waals surface area contributed by atoms with Crippen LogP contribution in [0.4, 0.5) is 0 Å². The molecule has 0 aromatic carbocycles. The number of rotatable bonds is 14. The molecule has 0 radical (unpaired) electrons. The van der Waals surface area contributed by atoms with E-state index in [0.29, 0.717) is 43.4 Å². The number of carbonyl (C=O) groups excluding carboxylic acids is 1. The van der Waals surface area contributed by atoms with Gasteiger partial charge in [-0.15, -0.1) is 0 Å². The van der Waals surface area contributed by atoms with Gasteiger partial charge in [0.1, 0.15) is 25.2 Å². The Morgan fingerprint density at radius 1 is 1.12 bits per heavy atom. The highest BCUT2D eigenvalue weighted by molar-refractivity contribution is 5.75. The van der Waals surface area contributed by atoms with Crippen molar-refractivity contribution >= 4 is 17.9 Å². The summed E-state index contributed by atoms with van der Waals surface area (Å²) >= 11 is 0. The maximum Gasteiger partial charge on any atom is 0.323 e. The third-order valence-electron chi connectivity index (χ3n) is 3.59. The second kappa shape index (κ2) is 11.8. The molecule has 0 spiro atoms. The van der Waals surface area contributed by atoms with Crippen molar-refractivity contribution in [2.24, 2.45) is 5.73 Å². The number of ether oxygens (including phenoxy) is 1. The summed E-state index contributed by atoms with van der Waals surface area (Å²) in [6.45, 7) is 1.44. The smallest absolute Gasteiger partial charge is 0.323 e. The van der Waals surface area contributed by atoms with E-state index in [2.05, 4.69) is 5.32 Å². The lowest BCUT2D eigenvalue weighted by Crippen LogP contribution is -2.40. The van der Waals surface area contributed by atoms with Crippen LogP contribution in [0.1, 0.15) is 32.1 Å². The molecule has 25 heavy (non-hydrogen) atoms. The Morgan fingerprint density at radius 3 is 2.28 bits per heavy atom. The van der Waals surface area contributed by atoms with Gasteiger partial charge in [0.25, 0.3) is 0 Å². The number of carbonyl (C=O) groups is 3. The summed E-state index contributed by atoms with van der Waals surface area (Å²) in [4.78, 5) is 33.2. The van der Waals surface area contributed by atoms with Crippen LogP contribution in [-0.4, -0.2) is 85.5 Å². The Hall–Kier alpha value is -1.71. The van der Waals surface area contributed by atoms with Gasteiger partial charge in [-0.05, 0) is 25.8 Å². The molecule has 0 amide bonds. The van der Waals surface area contributed by atoms with Gasteiger partial charge in [0.15, 0.2) is 0 Å². The normalized spacial score (nSPS) is 13.9. The monoisotopic (exact) mass is 362 g/mol. The highest BCUT2D eigenvalue weighted by Gasteiger charge is 2.18. The zero-order valence-corrected chi connectivity index (χ0v) is 15.4. The molecule has 0 aliphatic rings. The molecule has 0 saturated heterocycles. The van der Waals surface area contributed by atoms with Crippen molar-refractivity contribution in [1.82, 2.24) is 5.32 Å². The highest BCUT2D eigenvalue weighted by atomic mass is 16.5. The summed E-state index contributed by atoms with van der Waals surface area (Å²) in [5.41, 5.74) is 5.78. The Bertz CT molecular complexity index is 436. The van der Waals surface area contributed by atoms with Gasteiger partial charge in [0.05, 0.1) is 21.1 Å². The number of carboxylic acid groups (broad SMARTS) is 2. The van der Waals surface area contributed by atoms with Crippen molar-refractivity contribution in [3.63, 3.8) is 0 Å². The predicted molar refractivity (Wildman–Crippen MR) is 92.0 cm³/mol. The minimum atomic E-state index is -1.07. The first-order chi connectivity index (χ1) is 11.5. The maximum absolute atomic E-state index is 11.7. The Labute approximate surface area is 148 Å². The van der Waals surface area contributed by atoms with E-state index in [-0.39, 0.29) is 12.8 Å². The van der Waals surface area contributed by atoms with Crippen LogP contribution in [0.25, 0.3) is 0 Å². The lowest BCUT2D eigenvalue weighted by molar-refractivity contribution is -0.870. The van der Waals surface area contributed by atoms with E-state index in [4.69, 9.17) is 20.7 Å². The number of nitrogens with zero attached hydrogens (tertiary/aromatic N) is 1. The Kier molecular flexibility index (Phi) is 11.0. The molecule has 0 aliphatic carbocycles. The average molecular weight is 362 g/mol. The van der Waals surface area contributed by atoms with Gasteiger partial charge in [-0.25, -0.2) is 0 Å². The zero-order chi connectivity index (χ0) is 19.5. The molecule has 0 heterocycles. The molecule has 0 aromatic rings. The molecular weight excluding hydrogens is 330 g/mol. The molecule has 0 bridgehead atoms. The summed E-state index contributed by atoms with van der Waals surface area (Å²) in [6.07, 6.45) is 1.56. The summed E-state index contributed by atoms with van der Waals surface area (Å²) in [5.74, 6) is -2.52. The summed E-state index contributed by atoms with van der Waals surface area (Å²) < 4.78 is 5.83. The van der Waals surface area contributed by atoms with E-state index >= 15 is 0 Å². The van der Waals surface area contributed by atoms with Crippen LogP contribution in [0.2, 0.25) is 0 Å². The Balaban J connectivity index is 3.88. The summed E-state index contributed by atoms with van der Waals surface area (Å²) in [7, 11) is 6.00. The van der Waals surface area contributed by atoms with Crippen LogP contribution in [0.15, 0.2) is 0 Å². The molecular formula is C16H32N3O6+. The molecule has 0 rings (SSSR count). The number of likely N-dealkylation sites (N-methyl/N-ethyl adjacent to an activating group) is 1. The molecule has 0 saturated carbocycles.